The highest BCUT2D eigenvalue weighted by Gasteiger charge is 2.24. The summed E-state index contributed by atoms with van der Waals surface area (Å²) >= 11 is 0. The molecule has 0 saturated heterocycles. The van der Waals surface area contributed by atoms with Gasteiger partial charge in [-0.25, -0.2) is 0 Å². The molecule has 0 aliphatic carbocycles. The van der Waals surface area contributed by atoms with Crippen LogP contribution >= 0.6 is 7.82 Å². The second-order valence-electron chi connectivity index (χ2n) is 18.5. The zero-order chi connectivity index (χ0) is 42.1. The zero-order valence-electron chi connectivity index (χ0n) is 38.8. The lowest BCUT2D eigenvalue weighted by atomic mass is 10.0. The quantitative estimate of drug-likeness (QED) is 0.0359. The van der Waals surface area contributed by atoms with Crippen LogP contribution in [-0.2, 0) is 18.4 Å². The highest BCUT2D eigenvalue weighted by molar-refractivity contribution is 7.45. The van der Waals surface area contributed by atoms with Crippen LogP contribution in [0.3, 0.4) is 0 Å². The van der Waals surface area contributed by atoms with Gasteiger partial charge in [-0.1, -0.05) is 232 Å². The third kappa shape index (κ3) is 43.4. The van der Waals surface area contributed by atoms with Crippen molar-refractivity contribution in [2.24, 2.45) is 0 Å². The van der Waals surface area contributed by atoms with Gasteiger partial charge in [-0.3, -0.25) is 9.36 Å². The minimum absolute atomic E-state index is 0.0162. The lowest BCUT2D eigenvalue weighted by molar-refractivity contribution is -0.870. The molecule has 0 spiro atoms. The van der Waals surface area contributed by atoms with Crippen LogP contribution in [0.1, 0.15) is 251 Å². The van der Waals surface area contributed by atoms with E-state index < -0.39 is 20.0 Å². The Morgan fingerprint density at radius 1 is 0.544 bits per heavy atom. The lowest BCUT2D eigenvalue weighted by Crippen LogP contribution is -2.46. The lowest BCUT2D eigenvalue weighted by Gasteiger charge is -2.30. The van der Waals surface area contributed by atoms with Gasteiger partial charge in [0.1, 0.15) is 13.2 Å². The summed E-state index contributed by atoms with van der Waals surface area (Å²) in [6, 6.07) is -0.793. The van der Waals surface area contributed by atoms with E-state index in [1.165, 1.54) is 186 Å². The van der Waals surface area contributed by atoms with Gasteiger partial charge in [-0.15, -0.1) is 0 Å². The van der Waals surface area contributed by atoms with E-state index in [4.69, 9.17) is 9.05 Å². The monoisotopic (exact) mass is 831 g/mol. The molecule has 2 N–H and O–H groups in total. The first-order valence-electron chi connectivity index (χ1n) is 24.9. The van der Waals surface area contributed by atoms with Crippen molar-refractivity contribution in [1.29, 1.82) is 0 Å². The molecule has 0 bridgehead atoms. The number of nitrogens with zero attached hydrogens (tertiary/aromatic N) is 1. The van der Waals surface area contributed by atoms with Crippen molar-refractivity contribution >= 4 is 13.7 Å². The summed E-state index contributed by atoms with van der Waals surface area (Å²) in [4.78, 5) is 25.4. The standard InChI is InChI=1S/C48H99N2O6P/c1-6-8-10-12-14-16-18-20-21-22-23-24-25-26-27-28-30-31-33-35-37-39-41-47(51)46(45-56-57(53,54)55-44-43-50(3,4)5)49-48(52)42-40-38-36-34-32-29-19-17-15-13-11-9-7-2/h46-47,51H,6-45H2,1-5H3,(H-,49,52,53,54). The molecule has 0 heterocycles. The molecule has 0 aromatic heterocycles. The average Bonchev–Trinajstić information content (AvgIpc) is 3.16. The van der Waals surface area contributed by atoms with Crippen LogP contribution in [0.2, 0.25) is 0 Å². The topological polar surface area (TPSA) is 108 Å². The number of likely N-dealkylation sites (N-methyl/N-ethyl adjacent to an activating group) is 1. The number of hydrogen-bond acceptors (Lipinski definition) is 6. The third-order valence-corrected chi connectivity index (χ3v) is 12.6. The first-order chi connectivity index (χ1) is 27.5. The molecule has 0 radical (unpaired) electrons. The molecule has 3 unspecified atom stereocenters. The molecule has 342 valence electrons. The molecule has 9 heteroatoms. The van der Waals surface area contributed by atoms with E-state index >= 15 is 0 Å². The van der Waals surface area contributed by atoms with Gasteiger partial charge in [0.25, 0.3) is 7.82 Å². The second kappa shape index (κ2) is 40.9. The van der Waals surface area contributed by atoms with Crippen LogP contribution in [0.25, 0.3) is 0 Å². The molecule has 0 aliphatic heterocycles. The Labute approximate surface area is 355 Å². The molecule has 3 atom stereocenters. The summed E-state index contributed by atoms with van der Waals surface area (Å²) in [5.74, 6) is -0.161. The Hall–Kier alpha value is -0.500. The minimum atomic E-state index is -4.56. The average molecular weight is 831 g/mol. The van der Waals surface area contributed by atoms with E-state index in [1.54, 1.807) is 0 Å². The molecule has 8 nitrogen and oxygen atoms in total. The number of nitrogens with one attached hydrogen (secondary N) is 1. The summed E-state index contributed by atoms with van der Waals surface area (Å²) in [5, 5.41) is 14.0. The predicted octanol–water partition coefficient (Wildman–Crippen LogP) is 13.5. The summed E-state index contributed by atoms with van der Waals surface area (Å²) in [5.41, 5.74) is 0. The number of phosphoric acid groups is 1. The molecule has 1 amide bonds. The number of carbonyl (C=O) groups is 1. The summed E-state index contributed by atoms with van der Waals surface area (Å²) < 4.78 is 23.3. The summed E-state index contributed by atoms with van der Waals surface area (Å²) in [6.45, 7) is 4.75. The van der Waals surface area contributed by atoms with Crippen molar-refractivity contribution in [1.82, 2.24) is 5.32 Å². The van der Waals surface area contributed by atoms with Crippen molar-refractivity contribution in [3.8, 4) is 0 Å². The van der Waals surface area contributed by atoms with Crippen LogP contribution < -0.4 is 10.2 Å². The largest absolute Gasteiger partial charge is 0.756 e. The van der Waals surface area contributed by atoms with Crippen molar-refractivity contribution in [2.45, 2.75) is 264 Å². The highest BCUT2D eigenvalue weighted by atomic mass is 31.2. The highest BCUT2D eigenvalue weighted by Crippen LogP contribution is 2.38. The number of aliphatic hydroxyl groups is 1. The molecule has 0 aromatic carbocycles. The maximum Gasteiger partial charge on any atom is 0.268 e. The van der Waals surface area contributed by atoms with Gasteiger partial charge < -0.3 is 28.8 Å². The molecule has 57 heavy (non-hydrogen) atoms. The number of phosphoric ester groups is 1. The molecular weight excluding hydrogens is 732 g/mol. The number of aliphatic hydroxyl groups excluding tert-OH is 1. The minimum Gasteiger partial charge on any atom is -0.756 e. The van der Waals surface area contributed by atoms with Crippen LogP contribution in [0.4, 0.5) is 0 Å². The van der Waals surface area contributed by atoms with Crippen molar-refractivity contribution in [3.05, 3.63) is 0 Å². The van der Waals surface area contributed by atoms with E-state index in [1.807, 2.05) is 21.1 Å². The Kier molecular flexibility index (Phi) is 40.5. The number of rotatable bonds is 46. The number of hydrogen-bond donors (Lipinski definition) is 2. The van der Waals surface area contributed by atoms with Gasteiger partial charge in [0, 0.05) is 6.42 Å². The Morgan fingerprint density at radius 2 is 0.860 bits per heavy atom. The molecule has 0 fully saturated rings. The Morgan fingerprint density at radius 3 is 1.19 bits per heavy atom. The van der Waals surface area contributed by atoms with Crippen molar-refractivity contribution in [2.75, 3.05) is 40.9 Å². The van der Waals surface area contributed by atoms with E-state index in [-0.39, 0.29) is 19.1 Å². The number of amides is 1. The van der Waals surface area contributed by atoms with E-state index in [2.05, 4.69) is 19.2 Å². The maximum absolute atomic E-state index is 12.9. The Balaban J connectivity index is 4.20. The number of carbonyl (C=O) groups excluding carboxylic acids is 1. The van der Waals surface area contributed by atoms with Gasteiger partial charge in [0.2, 0.25) is 5.91 Å². The van der Waals surface area contributed by atoms with Gasteiger partial charge in [-0.2, -0.15) is 0 Å². The fourth-order valence-electron chi connectivity index (χ4n) is 7.63. The SMILES string of the molecule is CCCCCCCCCCCCCCCCCCCCCCCCC(O)C(COP(=O)([O-])OCC[N+](C)(C)C)NC(=O)CCCCCCCCCCCCCCC. The smallest absolute Gasteiger partial charge is 0.268 e. The second-order valence-corrected chi connectivity index (χ2v) is 19.9. The van der Waals surface area contributed by atoms with Gasteiger partial charge in [0.15, 0.2) is 0 Å². The number of unbranched alkanes of at least 4 members (excludes halogenated alkanes) is 33. The van der Waals surface area contributed by atoms with Crippen molar-refractivity contribution in [3.63, 3.8) is 0 Å². The molecule has 0 saturated carbocycles. The zero-order valence-corrected chi connectivity index (χ0v) is 39.7. The summed E-state index contributed by atoms with van der Waals surface area (Å²) in [7, 11) is 1.32. The third-order valence-electron chi connectivity index (χ3n) is 11.6. The predicted molar refractivity (Wildman–Crippen MR) is 243 cm³/mol. The fourth-order valence-corrected chi connectivity index (χ4v) is 8.35. The summed E-state index contributed by atoms with van der Waals surface area (Å²) in [6.07, 6.45) is 45.4. The van der Waals surface area contributed by atoms with E-state index in [0.29, 0.717) is 23.9 Å². The van der Waals surface area contributed by atoms with Crippen LogP contribution in [0, 0.1) is 0 Å². The van der Waals surface area contributed by atoms with Gasteiger partial charge >= 0.3 is 0 Å². The van der Waals surface area contributed by atoms with Crippen LogP contribution in [0.5, 0.6) is 0 Å². The first kappa shape index (κ1) is 56.5. The first-order valence-corrected chi connectivity index (χ1v) is 26.3. The molecular formula is C48H99N2O6P. The van der Waals surface area contributed by atoms with Gasteiger partial charge in [0.05, 0.1) is 39.9 Å². The van der Waals surface area contributed by atoms with E-state index in [0.717, 1.165) is 38.5 Å². The van der Waals surface area contributed by atoms with Crippen molar-refractivity contribution < 1.29 is 32.9 Å². The van der Waals surface area contributed by atoms with E-state index in [9.17, 15) is 19.4 Å². The molecule has 0 aliphatic rings. The van der Waals surface area contributed by atoms with Gasteiger partial charge in [-0.05, 0) is 12.8 Å². The van der Waals surface area contributed by atoms with Crippen LogP contribution in [-0.4, -0.2) is 68.5 Å². The number of quaternary nitrogens is 1. The molecule has 0 aromatic rings. The fraction of sp³-hybridized carbons (Fsp3) is 0.979. The Bertz CT molecular complexity index is 901. The molecule has 0 rings (SSSR count). The maximum atomic E-state index is 12.9. The normalized spacial score (nSPS) is 14.2. The van der Waals surface area contributed by atoms with Crippen LogP contribution in [0.15, 0.2) is 0 Å².